The third-order valence-corrected chi connectivity index (χ3v) is 3.25. The molecule has 18 heavy (non-hydrogen) atoms. The summed E-state index contributed by atoms with van der Waals surface area (Å²) >= 11 is 0. The SMILES string of the molecule is C1=NCn2c(cc3ccccc32)-c2ncncc21. The van der Waals surface area contributed by atoms with Crippen molar-refractivity contribution in [1.29, 1.82) is 0 Å². The van der Waals surface area contributed by atoms with Crippen molar-refractivity contribution in [1.82, 2.24) is 14.5 Å². The number of aliphatic imine (C=N–C) groups is 1. The van der Waals surface area contributed by atoms with E-state index in [-0.39, 0.29) is 0 Å². The number of nitrogens with zero attached hydrogens (tertiary/aromatic N) is 4. The molecule has 0 saturated carbocycles. The number of benzene rings is 1. The van der Waals surface area contributed by atoms with E-state index in [1.165, 1.54) is 10.9 Å². The Balaban J connectivity index is 2.13. The lowest BCUT2D eigenvalue weighted by atomic mass is 10.2. The summed E-state index contributed by atoms with van der Waals surface area (Å²) in [5.41, 5.74) is 4.21. The van der Waals surface area contributed by atoms with E-state index < -0.39 is 0 Å². The number of para-hydroxylation sites is 1. The van der Waals surface area contributed by atoms with Crippen molar-refractivity contribution in [3.8, 4) is 11.4 Å². The molecule has 0 unspecified atom stereocenters. The number of fused-ring (bicyclic) bond motifs is 5. The van der Waals surface area contributed by atoms with Gasteiger partial charge in [0.25, 0.3) is 0 Å². The summed E-state index contributed by atoms with van der Waals surface area (Å²) in [6.07, 6.45) is 5.23. The molecule has 0 spiro atoms. The number of hydrogen-bond donors (Lipinski definition) is 0. The molecular formula is C14H10N4. The summed E-state index contributed by atoms with van der Waals surface area (Å²) in [7, 11) is 0. The van der Waals surface area contributed by atoms with Crippen LogP contribution in [0.5, 0.6) is 0 Å². The van der Waals surface area contributed by atoms with Crippen LogP contribution in [0.15, 0.2) is 47.8 Å². The highest BCUT2D eigenvalue weighted by Gasteiger charge is 2.15. The van der Waals surface area contributed by atoms with Crippen LogP contribution in [0, 0.1) is 0 Å². The minimum absolute atomic E-state index is 0.624. The van der Waals surface area contributed by atoms with Gasteiger partial charge >= 0.3 is 0 Å². The molecular weight excluding hydrogens is 224 g/mol. The van der Waals surface area contributed by atoms with Crippen LogP contribution in [0.3, 0.4) is 0 Å². The summed E-state index contributed by atoms with van der Waals surface area (Å²) in [6, 6.07) is 10.5. The molecule has 4 rings (SSSR count). The second kappa shape index (κ2) is 3.50. The third kappa shape index (κ3) is 1.23. The van der Waals surface area contributed by atoms with Crippen LogP contribution in [0.25, 0.3) is 22.3 Å². The van der Waals surface area contributed by atoms with Gasteiger partial charge in [0.2, 0.25) is 0 Å². The van der Waals surface area contributed by atoms with Gasteiger partial charge in [-0.1, -0.05) is 18.2 Å². The lowest BCUT2D eigenvalue weighted by Crippen LogP contribution is -1.97. The zero-order valence-electron chi connectivity index (χ0n) is 9.61. The van der Waals surface area contributed by atoms with Crippen LogP contribution in [-0.2, 0) is 6.67 Å². The first-order valence-electron chi connectivity index (χ1n) is 5.82. The van der Waals surface area contributed by atoms with E-state index in [1.807, 2.05) is 18.3 Å². The molecule has 0 radical (unpaired) electrons. The maximum absolute atomic E-state index is 4.43. The average Bonchev–Trinajstić information content (AvgIpc) is 2.69. The number of rotatable bonds is 0. The second-order valence-electron chi connectivity index (χ2n) is 4.30. The standard InChI is InChI=1S/C14H10N4/c1-2-4-12-10(3-1)5-13-14-11(6-15-8-17-14)7-16-9-18(12)13/h1-8H,9H2. The molecule has 0 atom stereocenters. The first-order valence-corrected chi connectivity index (χ1v) is 5.82. The second-order valence-corrected chi connectivity index (χ2v) is 4.30. The van der Waals surface area contributed by atoms with Gasteiger partial charge in [0.15, 0.2) is 0 Å². The molecule has 3 heterocycles. The van der Waals surface area contributed by atoms with Gasteiger partial charge in [-0.05, 0) is 12.1 Å². The maximum Gasteiger partial charge on any atom is 0.116 e. The normalized spacial score (nSPS) is 13.1. The lowest BCUT2D eigenvalue weighted by molar-refractivity contribution is 0.779. The third-order valence-electron chi connectivity index (χ3n) is 3.25. The van der Waals surface area contributed by atoms with Gasteiger partial charge in [-0.15, -0.1) is 0 Å². The van der Waals surface area contributed by atoms with Crippen molar-refractivity contribution < 1.29 is 0 Å². The molecule has 1 aliphatic rings. The number of hydrogen-bond acceptors (Lipinski definition) is 3. The van der Waals surface area contributed by atoms with Crippen LogP contribution >= 0.6 is 0 Å². The van der Waals surface area contributed by atoms with Gasteiger partial charge in [-0.3, -0.25) is 4.99 Å². The van der Waals surface area contributed by atoms with Crippen LogP contribution in [0.4, 0.5) is 0 Å². The summed E-state index contributed by atoms with van der Waals surface area (Å²) in [5, 5.41) is 1.22. The summed E-state index contributed by atoms with van der Waals surface area (Å²) < 4.78 is 2.19. The first-order chi connectivity index (χ1) is 8.93. The van der Waals surface area contributed by atoms with Gasteiger partial charge in [0.05, 0.1) is 16.9 Å². The maximum atomic E-state index is 4.43. The van der Waals surface area contributed by atoms with Crippen LogP contribution < -0.4 is 0 Å². The largest absolute Gasteiger partial charge is 0.319 e. The highest BCUT2D eigenvalue weighted by molar-refractivity contribution is 5.93. The molecule has 2 aromatic heterocycles. The van der Waals surface area contributed by atoms with Crippen LogP contribution in [-0.4, -0.2) is 20.7 Å². The van der Waals surface area contributed by atoms with E-state index >= 15 is 0 Å². The fraction of sp³-hybridized carbons (Fsp3) is 0.0714. The van der Waals surface area contributed by atoms with Crippen molar-refractivity contribution in [2.45, 2.75) is 6.67 Å². The molecule has 1 aromatic carbocycles. The quantitative estimate of drug-likeness (QED) is 0.599. The summed E-state index contributed by atoms with van der Waals surface area (Å²) in [5.74, 6) is 0. The number of aromatic nitrogens is 3. The average molecular weight is 234 g/mol. The highest BCUT2D eigenvalue weighted by atomic mass is 15.1. The molecule has 3 aromatic rings. The van der Waals surface area contributed by atoms with Crippen LogP contribution in [0.2, 0.25) is 0 Å². The molecule has 0 bridgehead atoms. The molecule has 4 nitrogen and oxygen atoms in total. The van der Waals surface area contributed by atoms with Crippen molar-refractivity contribution in [2.24, 2.45) is 4.99 Å². The van der Waals surface area contributed by atoms with E-state index in [1.54, 1.807) is 12.5 Å². The fourth-order valence-corrected chi connectivity index (χ4v) is 2.43. The Morgan fingerprint density at radius 3 is 3.11 bits per heavy atom. The van der Waals surface area contributed by atoms with Gasteiger partial charge in [0, 0.05) is 23.4 Å². The minimum Gasteiger partial charge on any atom is -0.319 e. The van der Waals surface area contributed by atoms with Crippen molar-refractivity contribution >= 4 is 17.1 Å². The Kier molecular flexibility index (Phi) is 1.85. The van der Waals surface area contributed by atoms with E-state index in [2.05, 4.69) is 37.7 Å². The Bertz CT molecular complexity index is 770. The van der Waals surface area contributed by atoms with Crippen molar-refractivity contribution in [2.75, 3.05) is 0 Å². The minimum atomic E-state index is 0.624. The molecule has 0 amide bonds. The molecule has 0 aliphatic carbocycles. The van der Waals surface area contributed by atoms with Crippen molar-refractivity contribution in [3.05, 3.63) is 48.4 Å². The predicted molar refractivity (Wildman–Crippen MR) is 70.6 cm³/mol. The topological polar surface area (TPSA) is 43.1 Å². The molecule has 0 fully saturated rings. The molecule has 0 saturated heterocycles. The fourth-order valence-electron chi connectivity index (χ4n) is 2.43. The van der Waals surface area contributed by atoms with E-state index in [4.69, 9.17) is 0 Å². The monoisotopic (exact) mass is 234 g/mol. The van der Waals surface area contributed by atoms with E-state index in [0.29, 0.717) is 6.67 Å². The zero-order valence-corrected chi connectivity index (χ0v) is 9.61. The molecule has 1 aliphatic heterocycles. The van der Waals surface area contributed by atoms with Gasteiger partial charge in [-0.25, -0.2) is 9.97 Å². The smallest absolute Gasteiger partial charge is 0.116 e. The van der Waals surface area contributed by atoms with E-state index in [9.17, 15) is 0 Å². The van der Waals surface area contributed by atoms with E-state index in [0.717, 1.165) is 17.0 Å². The van der Waals surface area contributed by atoms with Gasteiger partial charge in [-0.2, -0.15) is 0 Å². The first kappa shape index (κ1) is 9.53. The highest BCUT2D eigenvalue weighted by Crippen LogP contribution is 2.29. The summed E-state index contributed by atoms with van der Waals surface area (Å²) in [6.45, 7) is 0.624. The van der Waals surface area contributed by atoms with Gasteiger partial charge in [0.1, 0.15) is 13.0 Å². The Hall–Kier alpha value is -2.49. The molecule has 86 valence electrons. The van der Waals surface area contributed by atoms with Crippen molar-refractivity contribution in [3.63, 3.8) is 0 Å². The van der Waals surface area contributed by atoms with Gasteiger partial charge < -0.3 is 4.57 Å². The Morgan fingerprint density at radius 1 is 1.17 bits per heavy atom. The Morgan fingerprint density at radius 2 is 2.11 bits per heavy atom. The Labute approximate surface area is 104 Å². The lowest BCUT2D eigenvalue weighted by Gasteiger charge is -2.05. The predicted octanol–water partition coefficient (Wildman–Crippen LogP) is 2.49. The van der Waals surface area contributed by atoms with Crippen LogP contribution in [0.1, 0.15) is 5.56 Å². The zero-order chi connectivity index (χ0) is 11.9. The molecule has 0 N–H and O–H groups in total. The summed E-state index contributed by atoms with van der Waals surface area (Å²) in [4.78, 5) is 12.9. The molecule has 4 heteroatoms.